The third-order valence-corrected chi connectivity index (χ3v) is 6.13. The van der Waals surface area contributed by atoms with Crippen molar-refractivity contribution in [1.82, 2.24) is 10.3 Å². The van der Waals surface area contributed by atoms with Crippen LogP contribution in [0.15, 0.2) is 84.5 Å². The van der Waals surface area contributed by atoms with Crippen molar-refractivity contribution in [2.45, 2.75) is 12.6 Å². The predicted molar refractivity (Wildman–Crippen MR) is 136 cm³/mol. The highest BCUT2D eigenvalue weighted by molar-refractivity contribution is 7.13. The number of carbonyl (C=O) groups excluding carboxylic acids is 2. The van der Waals surface area contributed by atoms with E-state index in [0.717, 1.165) is 10.4 Å². The lowest BCUT2D eigenvalue weighted by molar-refractivity contribution is -0.139. The van der Waals surface area contributed by atoms with Crippen molar-refractivity contribution in [1.29, 1.82) is 0 Å². The molecule has 182 valence electrons. The van der Waals surface area contributed by atoms with Gasteiger partial charge in [0.05, 0.1) is 11.4 Å². The molecule has 9 nitrogen and oxygen atoms in total. The Morgan fingerprint density at radius 1 is 1.06 bits per heavy atom. The molecule has 0 spiro atoms. The third-order valence-electron chi connectivity index (χ3n) is 5.22. The molecule has 2 amide bonds. The zero-order valence-corrected chi connectivity index (χ0v) is 19.7. The molecule has 0 saturated heterocycles. The van der Waals surface area contributed by atoms with E-state index in [0.29, 0.717) is 22.5 Å². The molecular weight excluding hydrogens is 480 g/mol. The van der Waals surface area contributed by atoms with Crippen molar-refractivity contribution < 1.29 is 24.2 Å². The van der Waals surface area contributed by atoms with Crippen LogP contribution in [-0.2, 0) is 16.1 Å². The van der Waals surface area contributed by atoms with Crippen LogP contribution >= 0.6 is 11.3 Å². The molecule has 4 aromatic rings. The van der Waals surface area contributed by atoms with E-state index in [4.69, 9.17) is 10.5 Å². The van der Waals surface area contributed by atoms with Crippen LogP contribution < -0.4 is 16.4 Å². The lowest BCUT2D eigenvalue weighted by Crippen LogP contribution is -2.34. The number of carboxylic acid groups (broad SMARTS) is 1. The number of nitrogen functional groups attached to an aromatic ring is 1. The zero-order valence-electron chi connectivity index (χ0n) is 18.9. The molecule has 0 unspecified atom stereocenters. The number of aromatic nitrogens is 1. The summed E-state index contributed by atoms with van der Waals surface area (Å²) in [5.74, 6) is -1.68. The summed E-state index contributed by atoms with van der Waals surface area (Å²) in [4.78, 5) is 41.7. The van der Waals surface area contributed by atoms with Crippen LogP contribution in [0.4, 0.5) is 16.2 Å². The smallest absolute Gasteiger partial charge is 0.408 e. The molecular formula is C26H22N4O5S. The number of ether oxygens (including phenoxy) is 1. The summed E-state index contributed by atoms with van der Waals surface area (Å²) in [6.07, 6.45) is 2.23. The number of nitrogens with zero attached hydrogens (tertiary/aromatic N) is 1. The second-order valence-corrected chi connectivity index (χ2v) is 8.66. The van der Waals surface area contributed by atoms with E-state index in [9.17, 15) is 19.5 Å². The van der Waals surface area contributed by atoms with Crippen LogP contribution in [-0.4, -0.2) is 28.1 Å². The molecule has 0 aliphatic rings. The number of aliphatic carboxylic acids is 1. The first-order valence-electron chi connectivity index (χ1n) is 10.8. The molecule has 0 bridgehead atoms. The lowest BCUT2D eigenvalue weighted by atomic mass is 10.0. The monoisotopic (exact) mass is 502 g/mol. The van der Waals surface area contributed by atoms with Crippen LogP contribution in [0.2, 0.25) is 0 Å². The summed E-state index contributed by atoms with van der Waals surface area (Å²) >= 11 is 1.58. The van der Waals surface area contributed by atoms with Crippen molar-refractivity contribution >= 4 is 40.7 Å². The number of thiophene rings is 1. The van der Waals surface area contributed by atoms with Crippen molar-refractivity contribution in [2.24, 2.45) is 0 Å². The molecule has 0 aliphatic carbocycles. The highest BCUT2D eigenvalue weighted by Crippen LogP contribution is 2.30. The first-order valence-corrected chi connectivity index (χ1v) is 11.7. The van der Waals surface area contributed by atoms with Gasteiger partial charge in [0.15, 0.2) is 6.04 Å². The van der Waals surface area contributed by atoms with E-state index in [-0.39, 0.29) is 12.2 Å². The van der Waals surface area contributed by atoms with Crippen molar-refractivity contribution in [3.8, 4) is 10.4 Å². The normalized spacial score (nSPS) is 11.3. The van der Waals surface area contributed by atoms with Gasteiger partial charge in [0.2, 0.25) is 0 Å². The van der Waals surface area contributed by atoms with Crippen LogP contribution in [0.1, 0.15) is 27.5 Å². The molecule has 2 heterocycles. The second kappa shape index (κ2) is 11.2. The third kappa shape index (κ3) is 6.05. The molecule has 0 aliphatic heterocycles. The summed E-state index contributed by atoms with van der Waals surface area (Å²) < 4.78 is 5.08. The Bertz CT molecular complexity index is 1360. The summed E-state index contributed by atoms with van der Waals surface area (Å²) in [7, 11) is 0. The number of rotatable bonds is 8. The van der Waals surface area contributed by atoms with Gasteiger partial charge in [-0.25, -0.2) is 9.59 Å². The number of anilines is 2. The number of nitrogens with one attached hydrogen (secondary N) is 2. The molecule has 10 heteroatoms. The quantitative estimate of drug-likeness (QED) is 0.256. The Hall–Kier alpha value is -4.70. The van der Waals surface area contributed by atoms with Gasteiger partial charge in [0, 0.05) is 28.4 Å². The van der Waals surface area contributed by atoms with Gasteiger partial charge >= 0.3 is 12.1 Å². The van der Waals surface area contributed by atoms with Crippen LogP contribution in [0.25, 0.3) is 10.4 Å². The number of nitrogens with two attached hydrogens (primary N) is 1. The first kappa shape index (κ1) is 24.4. The molecule has 36 heavy (non-hydrogen) atoms. The molecule has 4 rings (SSSR count). The van der Waals surface area contributed by atoms with Gasteiger partial charge in [-0.1, -0.05) is 30.3 Å². The molecule has 0 radical (unpaired) electrons. The van der Waals surface area contributed by atoms with Crippen molar-refractivity contribution in [2.75, 3.05) is 11.1 Å². The number of benzene rings is 2. The van der Waals surface area contributed by atoms with E-state index >= 15 is 0 Å². The zero-order chi connectivity index (χ0) is 25.5. The van der Waals surface area contributed by atoms with Gasteiger partial charge in [-0.2, -0.15) is 0 Å². The van der Waals surface area contributed by atoms with E-state index in [1.807, 2.05) is 23.6 Å². The fraction of sp³-hybridized carbons (Fsp3) is 0.0769. The minimum Gasteiger partial charge on any atom is -0.479 e. The summed E-state index contributed by atoms with van der Waals surface area (Å²) in [5.41, 5.74) is 9.09. The molecule has 2 aromatic heterocycles. The molecule has 2 aromatic carbocycles. The summed E-state index contributed by atoms with van der Waals surface area (Å²) in [5, 5.41) is 16.7. The van der Waals surface area contributed by atoms with Gasteiger partial charge in [-0.05, 0) is 52.9 Å². The van der Waals surface area contributed by atoms with Gasteiger partial charge in [0.1, 0.15) is 6.61 Å². The Labute approximate surface area is 210 Å². The number of carboxylic acids is 1. The van der Waals surface area contributed by atoms with Gasteiger partial charge < -0.3 is 26.2 Å². The molecule has 0 saturated carbocycles. The number of pyridine rings is 1. The second-order valence-electron chi connectivity index (χ2n) is 7.71. The van der Waals surface area contributed by atoms with E-state index in [1.165, 1.54) is 30.5 Å². The topological polar surface area (TPSA) is 144 Å². The number of alkyl carbamates (subject to hydrolysis) is 1. The Morgan fingerprint density at radius 2 is 1.86 bits per heavy atom. The fourth-order valence-corrected chi connectivity index (χ4v) is 4.09. The van der Waals surface area contributed by atoms with Crippen molar-refractivity contribution in [3.05, 3.63) is 101 Å². The summed E-state index contributed by atoms with van der Waals surface area (Å²) in [6.45, 7) is -0.0536. The lowest BCUT2D eigenvalue weighted by Gasteiger charge is -2.15. The number of amides is 2. The molecule has 5 N–H and O–H groups in total. The van der Waals surface area contributed by atoms with E-state index in [2.05, 4.69) is 15.6 Å². The fourth-order valence-electron chi connectivity index (χ4n) is 3.36. The van der Waals surface area contributed by atoms with Gasteiger partial charge in [-0.3, -0.25) is 9.78 Å². The largest absolute Gasteiger partial charge is 0.479 e. The minimum absolute atomic E-state index is 0.0536. The molecule has 1 atom stereocenters. The number of carbonyl (C=O) groups is 3. The average Bonchev–Trinajstić information content (AvgIpc) is 3.43. The SMILES string of the molecule is Nc1ccc(-c2cccs2)cc1NC(=O)c1ccc([C@H](NC(=O)OCc2cccnc2)C(=O)O)cc1. The van der Waals surface area contributed by atoms with Crippen LogP contribution in [0.3, 0.4) is 0 Å². The Kier molecular flexibility index (Phi) is 7.57. The maximum Gasteiger partial charge on any atom is 0.408 e. The summed E-state index contributed by atoms with van der Waals surface area (Å²) in [6, 6.07) is 17.3. The Balaban J connectivity index is 1.41. The van der Waals surface area contributed by atoms with Crippen LogP contribution in [0.5, 0.6) is 0 Å². The minimum atomic E-state index is -1.36. The van der Waals surface area contributed by atoms with Gasteiger partial charge in [-0.15, -0.1) is 11.3 Å². The Morgan fingerprint density at radius 3 is 2.53 bits per heavy atom. The van der Waals surface area contributed by atoms with E-state index < -0.39 is 24.0 Å². The van der Waals surface area contributed by atoms with Crippen molar-refractivity contribution in [3.63, 3.8) is 0 Å². The highest BCUT2D eigenvalue weighted by atomic mass is 32.1. The number of hydrogen-bond acceptors (Lipinski definition) is 7. The molecule has 0 fully saturated rings. The standard InChI is InChI=1S/C26H22N4O5S/c27-20-10-9-19(22-4-2-12-36-22)13-21(20)29-24(31)18-7-5-17(6-8-18)23(25(32)33)30-26(34)35-15-16-3-1-11-28-14-16/h1-14,23H,15,27H2,(H,29,31)(H,30,34)(H,32,33)/t23-/m0/s1. The van der Waals surface area contributed by atoms with Gasteiger partial charge in [0.25, 0.3) is 5.91 Å². The van der Waals surface area contributed by atoms with Crippen LogP contribution in [0, 0.1) is 0 Å². The maximum atomic E-state index is 12.8. The first-order chi connectivity index (χ1) is 17.4. The highest BCUT2D eigenvalue weighted by Gasteiger charge is 2.23. The number of hydrogen-bond donors (Lipinski definition) is 4. The van der Waals surface area contributed by atoms with E-state index in [1.54, 1.807) is 41.8 Å². The maximum absolute atomic E-state index is 12.8. The predicted octanol–water partition coefficient (Wildman–Crippen LogP) is 4.70. The average molecular weight is 503 g/mol.